The highest BCUT2D eigenvalue weighted by Crippen LogP contribution is 2.45. The maximum absolute atomic E-state index is 13.4. The molecule has 0 radical (unpaired) electrons. The van der Waals surface area contributed by atoms with Gasteiger partial charge >= 0.3 is 5.97 Å². The molecule has 0 fully saturated rings. The Bertz CT molecular complexity index is 1270. The van der Waals surface area contributed by atoms with Gasteiger partial charge in [0.2, 0.25) is 5.91 Å². The lowest BCUT2D eigenvalue weighted by molar-refractivity contribution is -0.384. The first kappa shape index (κ1) is 25.2. The zero-order chi connectivity index (χ0) is 25.8. The third kappa shape index (κ3) is 5.49. The van der Waals surface area contributed by atoms with Crippen LogP contribution in [0.1, 0.15) is 44.4 Å². The normalized spacial score (nSPS) is 16.9. The van der Waals surface area contributed by atoms with Gasteiger partial charge in [0.25, 0.3) is 5.69 Å². The summed E-state index contributed by atoms with van der Waals surface area (Å²) in [4.78, 5) is 43.2. The minimum atomic E-state index is -0.658. The van der Waals surface area contributed by atoms with Gasteiger partial charge in [-0.2, -0.15) is 0 Å². The summed E-state index contributed by atoms with van der Waals surface area (Å²) >= 11 is 1.37. The quantitative estimate of drug-likeness (QED) is 0.310. The fraction of sp³-hybridized carbons (Fsp3) is 0.269. The van der Waals surface area contributed by atoms with E-state index in [1.54, 1.807) is 19.1 Å². The van der Waals surface area contributed by atoms with E-state index < -0.39 is 16.9 Å². The Morgan fingerprint density at radius 3 is 2.50 bits per heavy atom. The minimum Gasteiger partial charge on any atom is -0.457 e. The van der Waals surface area contributed by atoms with Crippen molar-refractivity contribution in [2.75, 3.05) is 0 Å². The van der Waals surface area contributed by atoms with Crippen molar-refractivity contribution < 1.29 is 19.2 Å². The number of benzene rings is 2. The van der Waals surface area contributed by atoms with Gasteiger partial charge in [-0.3, -0.25) is 14.9 Å². The van der Waals surface area contributed by atoms with Crippen LogP contribution in [-0.2, 0) is 20.9 Å². The second-order valence-corrected chi connectivity index (χ2v) is 9.54. The van der Waals surface area contributed by atoms with Crippen LogP contribution in [0.2, 0.25) is 0 Å². The maximum atomic E-state index is 13.4. The number of aliphatic imine (C=N–C) groups is 1. The molecule has 2 heterocycles. The summed E-state index contributed by atoms with van der Waals surface area (Å²) in [5.74, 6) is -0.689. The Kier molecular flexibility index (Phi) is 7.54. The number of fused-ring (bicyclic) bond motifs is 1. The van der Waals surface area contributed by atoms with E-state index in [2.05, 4.69) is 10.3 Å². The van der Waals surface area contributed by atoms with Crippen LogP contribution in [0.4, 0.5) is 5.69 Å². The first-order valence-corrected chi connectivity index (χ1v) is 12.3. The number of amides is 1. The number of hydrogen-bond donors (Lipinski definition) is 1. The van der Waals surface area contributed by atoms with Crippen molar-refractivity contribution in [1.29, 1.82) is 0 Å². The first-order chi connectivity index (χ1) is 17.2. The van der Waals surface area contributed by atoms with Crippen molar-refractivity contribution in [3.05, 3.63) is 98.2 Å². The Morgan fingerprint density at radius 1 is 1.17 bits per heavy atom. The summed E-state index contributed by atoms with van der Waals surface area (Å²) in [5, 5.41) is 16.6. The summed E-state index contributed by atoms with van der Waals surface area (Å²) < 4.78 is 5.66. The van der Waals surface area contributed by atoms with Crippen LogP contribution >= 0.6 is 11.8 Å². The van der Waals surface area contributed by atoms with E-state index in [-0.39, 0.29) is 30.7 Å². The first-order valence-electron chi connectivity index (χ1n) is 11.4. The van der Waals surface area contributed by atoms with Crippen LogP contribution in [0.15, 0.2) is 82.0 Å². The smallest absolute Gasteiger partial charge is 0.338 e. The molecule has 0 bridgehead atoms. The number of esters is 1. The van der Waals surface area contributed by atoms with Gasteiger partial charge in [-0.1, -0.05) is 42.1 Å². The summed E-state index contributed by atoms with van der Waals surface area (Å²) in [6.07, 6.45) is 0.0963. The minimum absolute atomic E-state index is 0.0159. The van der Waals surface area contributed by atoms with Crippen molar-refractivity contribution in [3.8, 4) is 0 Å². The molecule has 2 aliphatic rings. The van der Waals surface area contributed by atoms with Crippen LogP contribution in [0, 0.1) is 10.1 Å². The zero-order valence-corrected chi connectivity index (χ0v) is 21.0. The number of carbonyl (C=O) groups excluding carboxylic acids is 2. The predicted octanol–water partition coefficient (Wildman–Crippen LogP) is 4.83. The fourth-order valence-electron chi connectivity index (χ4n) is 4.06. The molecule has 186 valence electrons. The topological polar surface area (TPSA) is 114 Å². The predicted molar refractivity (Wildman–Crippen MR) is 138 cm³/mol. The molecule has 0 aromatic heterocycles. The number of allylic oxidation sites excluding steroid dienone is 1. The molecule has 0 saturated carbocycles. The third-order valence-electron chi connectivity index (χ3n) is 5.64. The molecule has 1 atom stereocenters. The van der Waals surface area contributed by atoms with E-state index in [1.165, 1.54) is 23.9 Å². The lowest BCUT2D eigenvalue weighted by atomic mass is 9.93. The number of ether oxygens (including phenoxy) is 1. The van der Waals surface area contributed by atoms with E-state index in [1.807, 2.05) is 54.5 Å². The number of hydrogen-bond acceptors (Lipinski definition) is 8. The van der Waals surface area contributed by atoms with Crippen molar-refractivity contribution in [2.45, 2.75) is 45.9 Å². The Balaban J connectivity index is 1.69. The number of nitrogens with zero attached hydrogens (tertiary/aromatic N) is 3. The molecule has 2 aliphatic heterocycles. The molecule has 0 aliphatic carbocycles. The monoisotopic (exact) mass is 506 g/mol. The summed E-state index contributed by atoms with van der Waals surface area (Å²) in [7, 11) is 0. The Morgan fingerprint density at radius 2 is 1.86 bits per heavy atom. The molecule has 1 amide bonds. The number of carbonyl (C=O) groups is 2. The third-order valence-corrected chi connectivity index (χ3v) is 6.53. The van der Waals surface area contributed by atoms with Crippen LogP contribution < -0.4 is 5.32 Å². The Labute approximate surface area is 213 Å². The van der Waals surface area contributed by atoms with Gasteiger partial charge in [-0.05, 0) is 49.4 Å². The van der Waals surface area contributed by atoms with Crippen molar-refractivity contribution in [3.63, 3.8) is 0 Å². The highest BCUT2D eigenvalue weighted by atomic mass is 32.2. The standard InChI is InChI=1S/C26H26N4O5S/c1-16(2)27-22(31)13-21-15-36-26-28-17(3)23(25(32)35-14-18-7-5-4-6-8-18)24(29(21)26)19-9-11-20(12-10-19)30(33)34/h4-12,15-16,24H,13-14H2,1-3H3,(H,27,31). The number of thioether (sulfide) groups is 1. The maximum Gasteiger partial charge on any atom is 0.338 e. The van der Waals surface area contributed by atoms with E-state index in [4.69, 9.17) is 4.74 Å². The Hall–Kier alpha value is -3.92. The van der Waals surface area contributed by atoms with Gasteiger partial charge in [0.1, 0.15) is 6.61 Å². The molecule has 1 N–H and O–H groups in total. The molecule has 2 aromatic carbocycles. The van der Waals surface area contributed by atoms with Crippen molar-refractivity contribution in [1.82, 2.24) is 10.2 Å². The van der Waals surface area contributed by atoms with Gasteiger partial charge in [0.15, 0.2) is 5.17 Å². The number of nitrogens with one attached hydrogen (secondary N) is 1. The number of nitro benzene ring substituents is 1. The SMILES string of the molecule is CC1=C(C(=O)OCc2ccccc2)C(c2ccc([N+](=O)[O-])cc2)N2C(CC(=O)NC(C)C)=CSC2=N1. The lowest BCUT2D eigenvalue weighted by Gasteiger charge is -2.36. The molecular formula is C26H26N4O5S. The average molecular weight is 507 g/mol. The van der Waals surface area contributed by atoms with Crippen LogP contribution in [-0.4, -0.2) is 32.9 Å². The lowest BCUT2D eigenvalue weighted by Crippen LogP contribution is -2.38. The highest BCUT2D eigenvalue weighted by molar-refractivity contribution is 8.16. The number of non-ortho nitro benzene ring substituents is 1. The van der Waals surface area contributed by atoms with E-state index >= 15 is 0 Å². The molecule has 1 unspecified atom stereocenters. The van der Waals surface area contributed by atoms with Gasteiger partial charge < -0.3 is 15.0 Å². The fourth-order valence-corrected chi connectivity index (χ4v) is 5.03. The van der Waals surface area contributed by atoms with E-state index in [0.29, 0.717) is 27.7 Å². The van der Waals surface area contributed by atoms with Crippen molar-refractivity contribution in [2.24, 2.45) is 4.99 Å². The van der Waals surface area contributed by atoms with Gasteiger partial charge in [-0.25, -0.2) is 9.79 Å². The van der Waals surface area contributed by atoms with Gasteiger partial charge in [0, 0.05) is 23.9 Å². The summed E-state index contributed by atoms with van der Waals surface area (Å²) in [6.45, 7) is 5.60. The molecule has 9 nitrogen and oxygen atoms in total. The molecule has 0 saturated heterocycles. The van der Waals surface area contributed by atoms with Crippen LogP contribution in [0.3, 0.4) is 0 Å². The molecule has 10 heteroatoms. The van der Waals surface area contributed by atoms with Gasteiger partial charge in [0.05, 0.1) is 28.7 Å². The summed E-state index contributed by atoms with van der Waals surface area (Å²) in [5.41, 5.74) is 2.94. The summed E-state index contributed by atoms with van der Waals surface area (Å²) in [6, 6.07) is 14.7. The second-order valence-electron chi connectivity index (χ2n) is 8.70. The van der Waals surface area contributed by atoms with Crippen LogP contribution in [0.5, 0.6) is 0 Å². The molecular weight excluding hydrogens is 480 g/mol. The molecule has 4 rings (SSSR count). The number of amidine groups is 1. The van der Waals surface area contributed by atoms with E-state index in [9.17, 15) is 19.7 Å². The number of rotatable bonds is 8. The number of nitro groups is 1. The molecule has 0 spiro atoms. The van der Waals surface area contributed by atoms with E-state index in [0.717, 1.165) is 5.56 Å². The molecule has 36 heavy (non-hydrogen) atoms. The van der Waals surface area contributed by atoms with Crippen LogP contribution in [0.25, 0.3) is 0 Å². The second kappa shape index (κ2) is 10.8. The molecule has 2 aromatic rings. The zero-order valence-electron chi connectivity index (χ0n) is 20.1. The average Bonchev–Trinajstić information content (AvgIpc) is 3.23. The van der Waals surface area contributed by atoms with Gasteiger partial charge in [-0.15, -0.1) is 0 Å². The highest BCUT2D eigenvalue weighted by Gasteiger charge is 2.41. The van der Waals surface area contributed by atoms with Crippen molar-refractivity contribution >= 4 is 34.5 Å². The largest absolute Gasteiger partial charge is 0.457 e.